The fourth-order valence-electron chi connectivity index (χ4n) is 1.65. The summed E-state index contributed by atoms with van der Waals surface area (Å²) in [6.45, 7) is 8.51. The van der Waals surface area contributed by atoms with E-state index in [1.807, 2.05) is 0 Å². The Labute approximate surface area is 111 Å². The van der Waals surface area contributed by atoms with Gasteiger partial charge in [-0.2, -0.15) is 5.10 Å². The summed E-state index contributed by atoms with van der Waals surface area (Å²) in [7, 11) is 0. The lowest BCUT2D eigenvalue weighted by Gasteiger charge is -2.22. The first-order valence-corrected chi connectivity index (χ1v) is 5.92. The number of anilines is 1. The maximum Gasteiger partial charge on any atom is 0.331 e. The predicted molar refractivity (Wildman–Crippen MR) is 70.5 cm³/mol. The Kier molecular flexibility index (Phi) is 3.88. The van der Waals surface area contributed by atoms with Crippen molar-refractivity contribution in [2.45, 2.75) is 46.3 Å². The predicted octanol–water partition coefficient (Wildman–Crippen LogP) is 0.775. The number of ether oxygens (including phenoxy) is 1. The van der Waals surface area contributed by atoms with Crippen LogP contribution in [0.1, 0.15) is 49.8 Å². The zero-order chi connectivity index (χ0) is 15.0. The number of aryl methyl sites for hydroxylation is 1. The van der Waals surface area contributed by atoms with E-state index in [9.17, 15) is 9.59 Å². The number of nitrogen functional groups attached to an aromatic ring is 1. The second-order valence-electron chi connectivity index (χ2n) is 5.36. The zero-order valence-electron chi connectivity index (χ0n) is 11.9. The number of carbonyl (C=O) groups excluding carboxylic acids is 2. The third kappa shape index (κ3) is 3.24. The first-order valence-electron chi connectivity index (χ1n) is 5.92. The van der Waals surface area contributed by atoms with Crippen LogP contribution in [0.15, 0.2) is 0 Å². The van der Waals surface area contributed by atoms with E-state index < -0.39 is 23.5 Å². The Hall–Kier alpha value is -2.05. The highest BCUT2D eigenvalue weighted by atomic mass is 16.6. The lowest BCUT2D eigenvalue weighted by atomic mass is 10.2. The van der Waals surface area contributed by atoms with Crippen molar-refractivity contribution < 1.29 is 14.3 Å². The van der Waals surface area contributed by atoms with E-state index >= 15 is 0 Å². The van der Waals surface area contributed by atoms with Crippen LogP contribution in [0.25, 0.3) is 0 Å². The van der Waals surface area contributed by atoms with Gasteiger partial charge < -0.3 is 16.2 Å². The number of carbonyl (C=O) groups is 2. The number of nitrogens with zero attached hydrogens (tertiary/aromatic N) is 2. The number of primary amides is 1. The van der Waals surface area contributed by atoms with Gasteiger partial charge in [-0.25, -0.2) is 9.48 Å². The van der Waals surface area contributed by atoms with Crippen LogP contribution in [-0.2, 0) is 9.53 Å². The molecule has 19 heavy (non-hydrogen) atoms. The van der Waals surface area contributed by atoms with Gasteiger partial charge in [0.2, 0.25) is 0 Å². The van der Waals surface area contributed by atoms with E-state index in [1.165, 1.54) is 4.68 Å². The SMILES string of the molecule is Cc1nn(C(C)C(=O)OC(C)(C)C)c(N)c1C(N)=O. The fourth-order valence-corrected chi connectivity index (χ4v) is 1.65. The third-order valence-corrected chi connectivity index (χ3v) is 2.48. The Morgan fingerprint density at radius 2 is 1.89 bits per heavy atom. The summed E-state index contributed by atoms with van der Waals surface area (Å²) in [4.78, 5) is 23.2. The van der Waals surface area contributed by atoms with Gasteiger partial charge in [-0.05, 0) is 34.6 Å². The van der Waals surface area contributed by atoms with E-state index in [0.717, 1.165) is 0 Å². The minimum Gasteiger partial charge on any atom is -0.458 e. The number of esters is 1. The molecule has 0 radical (unpaired) electrons. The van der Waals surface area contributed by atoms with Crippen LogP contribution in [0.2, 0.25) is 0 Å². The van der Waals surface area contributed by atoms with Crippen LogP contribution in [0, 0.1) is 6.92 Å². The number of nitrogens with two attached hydrogens (primary N) is 2. The highest BCUT2D eigenvalue weighted by Gasteiger charge is 2.27. The van der Waals surface area contributed by atoms with Crippen molar-refractivity contribution in [3.63, 3.8) is 0 Å². The monoisotopic (exact) mass is 268 g/mol. The van der Waals surface area contributed by atoms with Gasteiger partial charge in [-0.15, -0.1) is 0 Å². The lowest BCUT2D eigenvalue weighted by molar-refractivity contribution is -0.158. The first kappa shape index (κ1) is 15.0. The van der Waals surface area contributed by atoms with Crippen molar-refractivity contribution in [3.8, 4) is 0 Å². The van der Waals surface area contributed by atoms with Crippen molar-refractivity contribution in [3.05, 3.63) is 11.3 Å². The molecule has 0 aliphatic rings. The molecule has 0 spiro atoms. The number of hydrogen-bond acceptors (Lipinski definition) is 5. The van der Waals surface area contributed by atoms with Gasteiger partial charge in [0, 0.05) is 0 Å². The van der Waals surface area contributed by atoms with Crippen molar-refractivity contribution in [1.29, 1.82) is 0 Å². The van der Waals surface area contributed by atoms with Crippen molar-refractivity contribution in [1.82, 2.24) is 9.78 Å². The van der Waals surface area contributed by atoms with Gasteiger partial charge in [-0.1, -0.05) is 0 Å². The molecule has 0 aromatic carbocycles. The summed E-state index contributed by atoms with van der Waals surface area (Å²) in [6.07, 6.45) is 0. The summed E-state index contributed by atoms with van der Waals surface area (Å²) in [5.74, 6) is -1.07. The average molecular weight is 268 g/mol. The van der Waals surface area contributed by atoms with E-state index in [4.69, 9.17) is 16.2 Å². The van der Waals surface area contributed by atoms with Crippen LogP contribution >= 0.6 is 0 Å². The molecule has 1 atom stereocenters. The molecule has 0 aliphatic heterocycles. The smallest absolute Gasteiger partial charge is 0.331 e. The highest BCUT2D eigenvalue weighted by molar-refractivity contribution is 5.98. The molecule has 4 N–H and O–H groups in total. The molecule has 0 aliphatic carbocycles. The van der Waals surface area contributed by atoms with Crippen LogP contribution in [0.3, 0.4) is 0 Å². The van der Waals surface area contributed by atoms with Crippen molar-refractivity contribution in [2.75, 3.05) is 5.73 Å². The van der Waals surface area contributed by atoms with E-state index in [2.05, 4.69) is 5.10 Å². The van der Waals surface area contributed by atoms with E-state index in [1.54, 1.807) is 34.6 Å². The van der Waals surface area contributed by atoms with Gasteiger partial charge in [0.1, 0.15) is 23.0 Å². The molecule has 1 aromatic heterocycles. The van der Waals surface area contributed by atoms with Gasteiger partial charge in [0.25, 0.3) is 5.91 Å². The minimum atomic E-state index is -0.731. The van der Waals surface area contributed by atoms with Gasteiger partial charge in [0.05, 0.1) is 5.69 Å². The maximum atomic E-state index is 11.9. The molecule has 0 fully saturated rings. The van der Waals surface area contributed by atoms with Crippen LogP contribution in [-0.4, -0.2) is 27.3 Å². The van der Waals surface area contributed by atoms with Gasteiger partial charge >= 0.3 is 5.97 Å². The van der Waals surface area contributed by atoms with Crippen LogP contribution in [0.5, 0.6) is 0 Å². The lowest BCUT2D eigenvalue weighted by Crippen LogP contribution is -2.30. The normalized spacial score (nSPS) is 13.1. The van der Waals surface area contributed by atoms with Crippen molar-refractivity contribution >= 4 is 17.7 Å². The Morgan fingerprint density at radius 1 is 1.37 bits per heavy atom. The second kappa shape index (κ2) is 4.91. The third-order valence-electron chi connectivity index (χ3n) is 2.48. The summed E-state index contributed by atoms with van der Waals surface area (Å²) in [5.41, 5.74) is 10.9. The number of amides is 1. The quantitative estimate of drug-likeness (QED) is 0.786. The first-order chi connectivity index (χ1) is 8.54. The standard InChI is InChI=1S/C12H20N4O3/c1-6-8(10(14)17)9(13)16(15-6)7(2)11(18)19-12(3,4)5/h7H,13H2,1-5H3,(H2,14,17). The average Bonchev–Trinajstić information content (AvgIpc) is 2.50. The molecule has 1 heterocycles. The van der Waals surface area contributed by atoms with Gasteiger partial charge in [0.15, 0.2) is 0 Å². The molecule has 1 rings (SSSR count). The Balaban J connectivity index is 3.08. The molecular formula is C12H20N4O3. The van der Waals surface area contributed by atoms with Crippen molar-refractivity contribution in [2.24, 2.45) is 5.73 Å². The highest BCUT2D eigenvalue weighted by Crippen LogP contribution is 2.22. The number of aromatic nitrogens is 2. The topological polar surface area (TPSA) is 113 Å². The molecule has 1 aromatic rings. The number of rotatable bonds is 3. The molecule has 1 unspecified atom stereocenters. The molecule has 0 saturated carbocycles. The molecular weight excluding hydrogens is 248 g/mol. The molecule has 106 valence electrons. The molecule has 1 amide bonds. The summed E-state index contributed by atoms with van der Waals surface area (Å²) in [6, 6.07) is -0.731. The van der Waals surface area contributed by atoms with E-state index in [0.29, 0.717) is 5.69 Å². The van der Waals surface area contributed by atoms with Crippen LogP contribution in [0.4, 0.5) is 5.82 Å². The molecule has 0 bridgehead atoms. The number of hydrogen-bond donors (Lipinski definition) is 2. The van der Waals surface area contributed by atoms with Gasteiger partial charge in [-0.3, -0.25) is 4.79 Å². The van der Waals surface area contributed by atoms with E-state index in [-0.39, 0.29) is 11.4 Å². The molecule has 0 saturated heterocycles. The maximum absolute atomic E-state index is 11.9. The summed E-state index contributed by atoms with van der Waals surface area (Å²) in [5, 5.41) is 4.07. The zero-order valence-corrected chi connectivity index (χ0v) is 11.9. The Morgan fingerprint density at radius 3 is 2.26 bits per heavy atom. The summed E-state index contributed by atoms with van der Waals surface area (Å²) >= 11 is 0. The fraction of sp³-hybridized carbons (Fsp3) is 0.583. The molecule has 7 nitrogen and oxygen atoms in total. The minimum absolute atomic E-state index is 0.0726. The van der Waals surface area contributed by atoms with Crippen LogP contribution < -0.4 is 11.5 Å². The largest absolute Gasteiger partial charge is 0.458 e. The second-order valence-corrected chi connectivity index (χ2v) is 5.36. The summed E-state index contributed by atoms with van der Waals surface area (Å²) < 4.78 is 6.50. The Bertz CT molecular complexity index is 514. The molecule has 7 heteroatoms.